The van der Waals surface area contributed by atoms with Gasteiger partial charge in [0.05, 0.1) is 5.25 Å². The molecule has 0 unspecified atom stereocenters. The van der Waals surface area contributed by atoms with Crippen LogP contribution in [0.1, 0.15) is 30.2 Å². The predicted octanol–water partition coefficient (Wildman–Crippen LogP) is 5.00. The zero-order valence-corrected chi connectivity index (χ0v) is 12.4. The maximum atomic E-state index is 2.31. The first kappa shape index (κ1) is 12.6. The Labute approximate surface area is 119 Å². The average molecular weight is 269 g/mol. The number of benzene rings is 2. The first-order valence-corrected chi connectivity index (χ1v) is 7.70. The van der Waals surface area contributed by atoms with Gasteiger partial charge in [-0.1, -0.05) is 50.2 Å². The monoisotopic (exact) mass is 269 g/mol. The van der Waals surface area contributed by atoms with E-state index < -0.39 is 0 Å². The molecule has 3 rings (SSSR count). The third-order valence-electron chi connectivity index (χ3n) is 3.57. The van der Waals surface area contributed by atoms with E-state index in [4.69, 9.17) is 0 Å². The van der Waals surface area contributed by atoms with E-state index >= 15 is 0 Å². The Bertz CT molecular complexity index is 544. The molecule has 0 radical (unpaired) electrons. The summed E-state index contributed by atoms with van der Waals surface area (Å²) in [5.41, 5.74) is 5.53. The lowest BCUT2D eigenvalue weighted by atomic mass is 9.95. The van der Waals surface area contributed by atoms with Crippen LogP contribution < -0.4 is 4.90 Å². The molecule has 0 bridgehead atoms. The van der Waals surface area contributed by atoms with Crippen molar-refractivity contribution in [1.29, 1.82) is 0 Å². The fourth-order valence-electron chi connectivity index (χ4n) is 2.75. The lowest BCUT2D eigenvalue weighted by molar-refractivity contribution is 1.02. The molecule has 1 nitrogen and oxygen atoms in total. The summed E-state index contributed by atoms with van der Waals surface area (Å²) in [6.07, 6.45) is 0. The Morgan fingerprint density at radius 1 is 0.895 bits per heavy atom. The second-order valence-corrected chi connectivity index (χ2v) is 6.93. The predicted molar refractivity (Wildman–Crippen MR) is 85.5 cm³/mol. The molecule has 19 heavy (non-hydrogen) atoms. The third-order valence-corrected chi connectivity index (χ3v) is 4.89. The van der Waals surface area contributed by atoms with Crippen LogP contribution in [0.4, 0.5) is 11.4 Å². The highest BCUT2D eigenvalue weighted by molar-refractivity contribution is 8.00. The summed E-state index contributed by atoms with van der Waals surface area (Å²) < 4.78 is 0. The number of rotatable bonds is 2. The summed E-state index contributed by atoms with van der Waals surface area (Å²) in [5, 5.41) is 1.07. The molecule has 2 heteroatoms. The molecular formula is C17H19NS. The van der Waals surface area contributed by atoms with Gasteiger partial charge in [-0.15, -0.1) is 11.8 Å². The molecule has 0 aliphatic carbocycles. The minimum atomic E-state index is 0.448. The van der Waals surface area contributed by atoms with Crippen molar-refractivity contribution in [2.75, 3.05) is 11.9 Å². The van der Waals surface area contributed by atoms with Gasteiger partial charge in [0, 0.05) is 18.4 Å². The van der Waals surface area contributed by atoms with Crippen LogP contribution >= 0.6 is 11.8 Å². The van der Waals surface area contributed by atoms with Gasteiger partial charge >= 0.3 is 0 Å². The zero-order valence-electron chi connectivity index (χ0n) is 11.6. The second-order valence-electron chi connectivity index (χ2n) is 5.24. The van der Waals surface area contributed by atoms with E-state index in [1.807, 2.05) is 11.8 Å². The van der Waals surface area contributed by atoms with Crippen LogP contribution in [-0.2, 0) is 0 Å². The number of hydrogen-bond donors (Lipinski definition) is 0. The molecular weight excluding hydrogens is 250 g/mol. The summed E-state index contributed by atoms with van der Waals surface area (Å²) in [5.74, 6) is 0. The fraction of sp³-hybridized carbons (Fsp3) is 0.294. The second kappa shape index (κ2) is 4.93. The molecule has 0 aromatic heterocycles. The number of para-hydroxylation sites is 2. The standard InChI is InChI=1S/C17H19NS/c1-12(2)19-17-13-8-4-6-10-15(13)18(3)16-11-7-5-9-14(16)17/h4-12,17H,1-3H3. The first-order chi connectivity index (χ1) is 9.18. The molecule has 0 amide bonds. The summed E-state index contributed by atoms with van der Waals surface area (Å²) in [7, 11) is 2.16. The molecule has 0 atom stereocenters. The Kier molecular flexibility index (Phi) is 3.28. The van der Waals surface area contributed by atoms with Gasteiger partial charge in [-0.05, 0) is 28.5 Å². The van der Waals surface area contributed by atoms with Crippen LogP contribution in [0.3, 0.4) is 0 Å². The summed E-state index contributed by atoms with van der Waals surface area (Å²) in [6.45, 7) is 4.54. The van der Waals surface area contributed by atoms with Crippen molar-refractivity contribution in [3.8, 4) is 0 Å². The Morgan fingerprint density at radius 2 is 1.37 bits per heavy atom. The highest BCUT2D eigenvalue weighted by Crippen LogP contribution is 2.50. The zero-order chi connectivity index (χ0) is 13.4. The number of hydrogen-bond acceptors (Lipinski definition) is 2. The van der Waals surface area contributed by atoms with Crippen molar-refractivity contribution in [2.45, 2.75) is 24.3 Å². The fourth-order valence-corrected chi connectivity index (χ4v) is 3.98. The molecule has 2 aromatic carbocycles. The molecule has 1 heterocycles. The van der Waals surface area contributed by atoms with Crippen molar-refractivity contribution >= 4 is 23.1 Å². The van der Waals surface area contributed by atoms with Crippen LogP contribution in [0.25, 0.3) is 0 Å². The number of thioether (sulfide) groups is 1. The number of nitrogens with zero attached hydrogens (tertiary/aromatic N) is 1. The molecule has 0 N–H and O–H groups in total. The third kappa shape index (κ3) is 2.14. The lowest BCUT2D eigenvalue weighted by Crippen LogP contribution is -2.21. The van der Waals surface area contributed by atoms with Crippen molar-refractivity contribution in [2.24, 2.45) is 0 Å². The van der Waals surface area contributed by atoms with Gasteiger partial charge in [0.2, 0.25) is 0 Å². The van der Waals surface area contributed by atoms with Crippen LogP contribution in [0, 0.1) is 0 Å². The van der Waals surface area contributed by atoms with Gasteiger partial charge in [-0.25, -0.2) is 0 Å². The molecule has 0 fully saturated rings. The van der Waals surface area contributed by atoms with Gasteiger partial charge in [0.15, 0.2) is 0 Å². The number of anilines is 2. The van der Waals surface area contributed by atoms with Gasteiger partial charge in [-0.2, -0.15) is 0 Å². The molecule has 0 saturated carbocycles. The van der Waals surface area contributed by atoms with Crippen LogP contribution in [-0.4, -0.2) is 12.3 Å². The lowest BCUT2D eigenvalue weighted by Gasteiger charge is -2.35. The Balaban J connectivity index is 2.17. The van der Waals surface area contributed by atoms with Crippen molar-refractivity contribution in [3.05, 3.63) is 59.7 Å². The van der Waals surface area contributed by atoms with E-state index in [-0.39, 0.29) is 0 Å². The van der Waals surface area contributed by atoms with Gasteiger partial charge in [-0.3, -0.25) is 0 Å². The van der Waals surface area contributed by atoms with Crippen LogP contribution in [0.5, 0.6) is 0 Å². The van der Waals surface area contributed by atoms with Crippen LogP contribution in [0.2, 0.25) is 0 Å². The highest BCUT2D eigenvalue weighted by Gasteiger charge is 2.28. The van der Waals surface area contributed by atoms with E-state index in [9.17, 15) is 0 Å². The van der Waals surface area contributed by atoms with E-state index in [0.717, 1.165) is 0 Å². The topological polar surface area (TPSA) is 3.24 Å². The van der Waals surface area contributed by atoms with Gasteiger partial charge in [0.25, 0.3) is 0 Å². The van der Waals surface area contributed by atoms with E-state index in [1.54, 1.807) is 0 Å². The van der Waals surface area contributed by atoms with Gasteiger partial charge < -0.3 is 4.90 Å². The van der Waals surface area contributed by atoms with E-state index in [0.29, 0.717) is 10.5 Å². The Hall–Kier alpha value is -1.41. The number of fused-ring (bicyclic) bond motifs is 2. The highest BCUT2D eigenvalue weighted by atomic mass is 32.2. The molecule has 98 valence electrons. The molecule has 2 aromatic rings. The minimum absolute atomic E-state index is 0.448. The van der Waals surface area contributed by atoms with Crippen molar-refractivity contribution < 1.29 is 0 Å². The van der Waals surface area contributed by atoms with Gasteiger partial charge in [0.1, 0.15) is 0 Å². The minimum Gasteiger partial charge on any atom is -0.344 e. The summed E-state index contributed by atoms with van der Waals surface area (Å²) in [6, 6.07) is 17.5. The summed E-state index contributed by atoms with van der Waals surface area (Å²) >= 11 is 2.04. The molecule has 1 aliphatic heterocycles. The van der Waals surface area contributed by atoms with E-state index in [2.05, 4.69) is 74.3 Å². The quantitative estimate of drug-likeness (QED) is 0.755. The molecule has 1 aliphatic rings. The SMILES string of the molecule is CC(C)SC1c2ccccc2N(C)c2ccccc21. The average Bonchev–Trinajstić information content (AvgIpc) is 2.43. The normalized spacial score (nSPS) is 14.4. The molecule has 0 spiro atoms. The maximum Gasteiger partial charge on any atom is 0.0590 e. The van der Waals surface area contributed by atoms with Crippen LogP contribution in [0.15, 0.2) is 48.5 Å². The van der Waals surface area contributed by atoms with E-state index in [1.165, 1.54) is 22.5 Å². The van der Waals surface area contributed by atoms with Crippen molar-refractivity contribution in [1.82, 2.24) is 0 Å². The molecule has 0 saturated heterocycles. The maximum absolute atomic E-state index is 2.31. The smallest absolute Gasteiger partial charge is 0.0590 e. The first-order valence-electron chi connectivity index (χ1n) is 6.75. The van der Waals surface area contributed by atoms with Crippen molar-refractivity contribution in [3.63, 3.8) is 0 Å². The largest absolute Gasteiger partial charge is 0.344 e. The Morgan fingerprint density at radius 3 is 1.84 bits per heavy atom. The summed E-state index contributed by atoms with van der Waals surface area (Å²) in [4.78, 5) is 2.31.